The van der Waals surface area contributed by atoms with E-state index < -0.39 is 13.8 Å². The molecule has 0 atom stereocenters. The molecule has 0 radical (unpaired) electrons. The standard InChI is InChI=1S/C16H18O2Se.C12H10OSe/c1-9-5-11(3)15(17)13(7-9)19-14-8-10(2)6-12(4)16(14)18;13-14(11-7-3-1-4-8-11)12-9-5-2-6-10-12/h5-8,17-18H,1-4H3;1-10H. The summed E-state index contributed by atoms with van der Waals surface area (Å²) in [6, 6.07) is 27.2. The van der Waals surface area contributed by atoms with Crippen molar-refractivity contribution in [2.45, 2.75) is 27.7 Å². The molecule has 0 amide bonds. The van der Waals surface area contributed by atoms with Crippen LogP contribution in [0.1, 0.15) is 22.3 Å². The van der Waals surface area contributed by atoms with Gasteiger partial charge < -0.3 is 0 Å². The van der Waals surface area contributed by atoms with Crippen molar-refractivity contribution in [1.82, 2.24) is 0 Å². The fourth-order valence-corrected chi connectivity index (χ4v) is 8.21. The topological polar surface area (TPSA) is 57.5 Å². The number of aryl methyl sites for hydroxylation is 4. The van der Waals surface area contributed by atoms with Crippen LogP contribution < -0.4 is 17.8 Å². The SMILES string of the molecule is Cc1cc(C)c(O)c([Se]c2cc(C)cc(C)c2O)c1.O=[Se](c1ccccc1)c1ccccc1. The fraction of sp³-hybridized carbons (Fsp3) is 0.143. The summed E-state index contributed by atoms with van der Waals surface area (Å²) < 4.78 is 15.8. The van der Waals surface area contributed by atoms with E-state index >= 15 is 0 Å². The molecule has 0 heterocycles. The average molecular weight is 570 g/mol. The van der Waals surface area contributed by atoms with Gasteiger partial charge in [-0.25, -0.2) is 0 Å². The second-order valence-electron chi connectivity index (χ2n) is 7.85. The van der Waals surface area contributed by atoms with Crippen LogP contribution in [-0.4, -0.2) is 39.0 Å². The molecule has 0 saturated carbocycles. The van der Waals surface area contributed by atoms with Gasteiger partial charge in [-0.2, -0.15) is 0 Å². The number of rotatable bonds is 4. The summed E-state index contributed by atoms with van der Waals surface area (Å²) in [5.41, 5.74) is 4.05. The van der Waals surface area contributed by atoms with Crippen LogP contribution >= 0.6 is 0 Å². The Morgan fingerprint density at radius 2 is 0.970 bits per heavy atom. The van der Waals surface area contributed by atoms with Crippen molar-refractivity contribution < 1.29 is 14.0 Å². The van der Waals surface area contributed by atoms with Gasteiger partial charge in [-0.15, -0.1) is 0 Å². The summed E-state index contributed by atoms with van der Waals surface area (Å²) >= 11 is -2.12. The molecule has 4 aromatic carbocycles. The van der Waals surface area contributed by atoms with Gasteiger partial charge in [-0.05, 0) is 0 Å². The Hall–Kier alpha value is -2.68. The third-order valence-electron chi connectivity index (χ3n) is 4.95. The van der Waals surface area contributed by atoms with Gasteiger partial charge >= 0.3 is 207 Å². The third-order valence-corrected chi connectivity index (χ3v) is 10.1. The summed E-state index contributed by atoms with van der Waals surface area (Å²) in [6.45, 7) is 7.85. The number of phenolic OH excluding ortho intramolecular Hbond substituents is 2. The molecule has 0 bridgehead atoms. The molecule has 0 aliphatic heterocycles. The summed E-state index contributed by atoms with van der Waals surface area (Å²) in [6.07, 6.45) is 0. The first-order valence-corrected chi connectivity index (χ1v) is 14.7. The Balaban J connectivity index is 0.000000194. The molecule has 3 nitrogen and oxygen atoms in total. The van der Waals surface area contributed by atoms with E-state index in [2.05, 4.69) is 0 Å². The molecule has 4 aromatic rings. The van der Waals surface area contributed by atoms with Gasteiger partial charge in [0, 0.05) is 0 Å². The molecule has 0 aliphatic carbocycles. The van der Waals surface area contributed by atoms with Crippen LogP contribution in [0.3, 0.4) is 0 Å². The van der Waals surface area contributed by atoms with Crippen LogP contribution in [0.2, 0.25) is 0 Å². The molecule has 33 heavy (non-hydrogen) atoms. The van der Waals surface area contributed by atoms with Crippen LogP contribution in [-0.2, 0) is 3.83 Å². The van der Waals surface area contributed by atoms with Crippen molar-refractivity contribution in [3.05, 3.63) is 107 Å². The first-order chi connectivity index (χ1) is 15.8. The Morgan fingerprint density at radius 3 is 1.33 bits per heavy atom. The van der Waals surface area contributed by atoms with Gasteiger partial charge in [0.05, 0.1) is 0 Å². The quantitative estimate of drug-likeness (QED) is 0.371. The van der Waals surface area contributed by atoms with Crippen LogP contribution in [0.15, 0.2) is 84.9 Å². The molecule has 2 N–H and O–H groups in total. The molecule has 0 saturated heterocycles. The zero-order valence-electron chi connectivity index (χ0n) is 19.2. The average Bonchev–Trinajstić information content (AvgIpc) is 2.81. The normalized spacial score (nSPS) is 10.6. The molecule has 170 valence electrons. The predicted octanol–water partition coefficient (Wildman–Crippen LogP) is 3.21. The van der Waals surface area contributed by atoms with E-state index in [1.165, 1.54) is 0 Å². The van der Waals surface area contributed by atoms with E-state index in [0.717, 1.165) is 40.1 Å². The Labute approximate surface area is 206 Å². The van der Waals surface area contributed by atoms with Crippen LogP contribution in [0, 0.1) is 27.7 Å². The van der Waals surface area contributed by atoms with E-state index in [1.807, 2.05) is 113 Å². The van der Waals surface area contributed by atoms with E-state index in [9.17, 15) is 14.0 Å². The van der Waals surface area contributed by atoms with Crippen molar-refractivity contribution in [3.63, 3.8) is 0 Å². The predicted molar refractivity (Wildman–Crippen MR) is 139 cm³/mol. The minimum atomic E-state index is -2.03. The minimum absolute atomic E-state index is 0.0955. The van der Waals surface area contributed by atoms with E-state index in [4.69, 9.17) is 0 Å². The number of phenols is 2. The Kier molecular flexibility index (Phi) is 8.66. The fourth-order valence-electron chi connectivity index (χ4n) is 3.34. The van der Waals surface area contributed by atoms with E-state index in [-0.39, 0.29) is 15.0 Å². The third kappa shape index (κ3) is 6.66. The van der Waals surface area contributed by atoms with E-state index in [0.29, 0.717) is 11.5 Å². The molecule has 0 aliphatic rings. The molecule has 4 rings (SSSR count). The van der Waals surface area contributed by atoms with Gasteiger partial charge in [0.25, 0.3) is 0 Å². The Morgan fingerprint density at radius 1 is 0.606 bits per heavy atom. The second-order valence-corrected chi connectivity index (χ2v) is 13.2. The molecule has 0 unspecified atom stereocenters. The van der Waals surface area contributed by atoms with Crippen LogP contribution in [0.5, 0.6) is 11.5 Å². The van der Waals surface area contributed by atoms with Gasteiger partial charge in [-0.3, -0.25) is 0 Å². The first kappa shape index (κ1) is 25.0. The van der Waals surface area contributed by atoms with Crippen LogP contribution in [0.4, 0.5) is 0 Å². The summed E-state index contributed by atoms with van der Waals surface area (Å²) in [5, 5.41) is 20.3. The summed E-state index contributed by atoms with van der Waals surface area (Å²) in [7, 11) is 0. The number of hydrogen-bond donors (Lipinski definition) is 2. The molecule has 0 spiro atoms. The number of aromatic hydroxyl groups is 2. The van der Waals surface area contributed by atoms with Crippen molar-refractivity contribution in [1.29, 1.82) is 0 Å². The summed E-state index contributed by atoms with van der Waals surface area (Å²) in [5.74, 6) is 0.702. The van der Waals surface area contributed by atoms with Crippen molar-refractivity contribution >= 4 is 46.6 Å². The molecule has 0 fully saturated rings. The Bertz CT molecular complexity index is 1160. The number of benzene rings is 4. The molecular formula is C28H28O3Se2. The summed E-state index contributed by atoms with van der Waals surface area (Å²) in [4.78, 5) is 0. The molecule has 5 heteroatoms. The van der Waals surface area contributed by atoms with Gasteiger partial charge in [0.15, 0.2) is 0 Å². The zero-order valence-corrected chi connectivity index (χ0v) is 22.6. The van der Waals surface area contributed by atoms with Crippen molar-refractivity contribution in [2.75, 3.05) is 0 Å². The van der Waals surface area contributed by atoms with Gasteiger partial charge in [0.1, 0.15) is 0 Å². The number of hydrogen-bond acceptors (Lipinski definition) is 3. The van der Waals surface area contributed by atoms with Gasteiger partial charge in [-0.1, -0.05) is 0 Å². The monoisotopic (exact) mass is 572 g/mol. The van der Waals surface area contributed by atoms with Crippen molar-refractivity contribution in [3.8, 4) is 11.5 Å². The van der Waals surface area contributed by atoms with Crippen LogP contribution in [0.25, 0.3) is 0 Å². The first-order valence-electron chi connectivity index (χ1n) is 10.6. The molecule has 0 aromatic heterocycles. The maximum atomic E-state index is 12.1. The van der Waals surface area contributed by atoms with Gasteiger partial charge in [0.2, 0.25) is 0 Å². The van der Waals surface area contributed by atoms with E-state index in [1.54, 1.807) is 0 Å². The second kappa shape index (κ2) is 11.4. The van der Waals surface area contributed by atoms with Crippen molar-refractivity contribution in [2.24, 2.45) is 0 Å². The zero-order chi connectivity index (χ0) is 24.0. The molecular weight excluding hydrogens is 542 g/mol. The maximum absolute atomic E-state index is 12.1.